The van der Waals surface area contributed by atoms with Gasteiger partial charge in [0.05, 0.1) is 12.7 Å². The van der Waals surface area contributed by atoms with Gasteiger partial charge < -0.3 is 4.74 Å². The van der Waals surface area contributed by atoms with Crippen LogP contribution in [0.4, 0.5) is 13.2 Å². The molecule has 1 aliphatic carbocycles. The maximum Gasteiger partial charge on any atom is 0.416 e. The van der Waals surface area contributed by atoms with Crippen molar-refractivity contribution in [2.75, 3.05) is 7.11 Å². The molecule has 1 aromatic carbocycles. The zero-order chi connectivity index (χ0) is 13.8. The summed E-state index contributed by atoms with van der Waals surface area (Å²) in [5, 5.41) is 2.91. The molecular formula is C13H12F3NO2. The number of carbonyl (C=O) groups excluding carboxylic acids is 1. The van der Waals surface area contributed by atoms with Crippen LogP contribution >= 0.6 is 0 Å². The van der Waals surface area contributed by atoms with Crippen LogP contribution in [-0.2, 0) is 22.3 Å². The van der Waals surface area contributed by atoms with Crippen molar-refractivity contribution in [2.45, 2.75) is 30.6 Å². The third-order valence-electron chi connectivity index (χ3n) is 3.98. The van der Waals surface area contributed by atoms with E-state index in [4.69, 9.17) is 4.74 Å². The van der Waals surface area contributed by atoms with Gasteiger partial charge in [0.25, 0.3) is 0 Å². The molecule has 2 atom stereocenters. The molecule has 19 heavy (non-hydrogen) atoms. The van der Waals surface area contributed by atoms with Gasteiger partial charge in [0.2, 0.25) is 0 Å². The molecular weight excluding hydrogens is 259 g/mol. The molecule has 6 heteroatoms. The largest absolute Gasteiger partial charge is 0.468 e. The van der Waals surface area contributed by atoms with Crippen LogP contribution in [0.2, 0.25) is 0 Å². The van der Waals surface area contributed by atoms with Gasteiger partial charge in [-0.3, -0.25) is 10.1 Å². The Morgan fingerprint density at radius 2 is 2.21 bits per heavy atom. The monoisotopic (exact) mass is 271 g/mol. The van der Waals surface area contributed by atoms with E-state index in [0.717, 1.165) is 6.07 Å². The molecule has 0 bridgehead atoms. The SMILES string of the molecule is COC(=O)[C@@]12C[C@H]1c1cccc(C(F)(F)F)c1CN2. The molecule has 1 N–H and O–H groups in total. The highest BCUT2D eigenvalue weighted by atomic mass is 19.4. The predicted octanol–water partition coefficient (Wildman–Crippen LogP) is 2.21. The van der Waals surface area contributed by atoms with Gasteiger partial charge in [-0.15, -0.1) is 0 Å². The molecule has 3 rings (SSSR count). The van der Waals surface area contributed by atoms with Gasteiger partial charge in [-0.1, -0.05) is 12.1 Å². The Kier molecular flexibility index (Phi) is 2.44. The first kappa shape index (κ1) is 12.5. The summed E-state index contributed by atoms with van der Waals surface area (Å²) < 4.78 is 43.5. The van der Waals surface area contributed by atoms with Crippen molar-refractivity contribution >= 4 is 5.97 Å². The standard InChI is InChI=1S/C13H12F3NO2/c1-19-11(18)12-5-10(12)7-3-2-4-9(13(14,15)16)8(7)6-17-12/h2-4,10,17H,5-6H2,1H3/t10-,12+/m0/s1. The van der Waals surface area contributed by atoms with E-state index < -0.39 is 23.2 Å². The Morgan fingerprint density at radius 1 is 1.47 bits per heavy atom. The molecule has 1 saturated carbocycles. The smallest absolute Gasteiger partial charge is 0.416 e. The minimum absolute atomic E-state index is 0.0383. The number of fused-ring (bicyclic) bond motifs is 3. The molecule has 2 aliphatic rings. The number of halogens is 3. The number of alkyl halides is 3. The van der Waals surface area contributed by atoms with Crippen LogP contribution in [-0.4, -0.2) is 18.6 Å². The zero-order valence-corrected chi connectivity index (χ0v) is 10.2. The molecule has 1 heterocycles. The quantitative estimate of drug-likeness (QED) is 0.796. The fourth-order valence-electron chi connectivity index (χ4n) is 2.95. The topological polar surface area (TPSA) is 38.3 Å². The van der Waals surface area contributed by atoms with E-state index in [1.54, 1.807) is 6.07 Å². The van der Waals surface area contributed by atoms with E-state index in [-0.39, 0.29) is 18.0 Å². The van der Waals surface area contributed by atoms with E-state index in [1.807, 2.05) is 0 Å². The maximum atomic E-state index is 12.9. The molecule has 1 aromatic rings. The lowest BCUT2D eigenvalue weighted by molar-refractivity contribution is -0.144. The number of methoxy groups -OCH3 is 1. The summed E-state index contributed by atoms with van der Waals surface area (Å²) >= 11 is 0. The zero-order valence-electron chi connectivity index (χ0n) is 10.2. The van der Waals surface area contributed by atoms with Gasteiger partial charge in [0.15, 0.2) is 0 Å². The van der Waals surface area contributed by atoms with E-state index in [1.165, 1.54) is 13.2 Å². The van der Waals surface area contributed by atoms with E-state index >= 15 is 0 Å². The molecule has 1 aliphatic heterocycles. The number of hydrogen-bond donors (Lipinski definition) is 1. The van der Waals surface area contributed by atoms with Crippen LogP contribution in [0.1, 0.15) is 29.0 Å². The summed E-state index contributed by atoms with van der Waals surface area (Å²) in [7, 11) is 1.29. The normalized spacial score (nSPS) is 28.3. The van der Waals surface area contributed by atoms with Crippen molar-refractivity contribution in [1.29, 1.82) is 0 Å². The Bertz CT molecular complexity index is 555. The van der Waals surface area contributed by atoms with Crippen LogP contribution in [0, 0.1) is 0 Å². The van der Waals surface area contributed by atoms with Crippen LogP contribution in [0.15, 0.2) is 18.2 Å². The summed E-state index contributed by atoms with van der Waals surface area (Å²) in [5.41, 5.74) is -0.578. The van der Waals surface area contributed by atoms with Crippen molar-refractivity contribution < 1.29 is 22.7 Å². The third-order valence-corrected chi connectivity index (χ3v) is 3.98. The first-order valence-electron chi connectivity index (χ1n) is 5.92. The minimum atomic E-state index is -4.37. The van der Waals surface area contributed by atoms with Crippen molar-refractivity contribution in [3.05, 3.63) is 34.9 Å². The second-order valence-electron chi connectivity index (χ2n) is 4.94. The van der Waals surface area contributed by atoms with Gasteiger partial charge in [-0.2, -0.15) is 13.2 Å². The van der Waals surface area contributed by atoms with E-state index in [9.17, 15) is 18.0 Å². The second kappa shape index (κ2) is 3.72. The first-order chi connectivity index (χ1) is 8.90. The second-order valence-corrected chi connectivity index (χ2v) is 4.94. The van der Waals surface area contributed by atoms with Gasteiger partial charge in [0, 0.05) is 12.5 Å². The average molecular weight is 271 g/mol. The lowest BCUT2D eigenvalue weighted by Gasteiger charge is -2.26. The highest BCUT2D eigenvalue weighted by Gasteiger charge is 2.64. The lowest BCUT2D eigenvalue weighted by atomic mass is 9.92. The first-order valence-corrected chi connectivity index (χ1v) is 5.92. The molecule has 1 fully saturated rings. The Morgan fingerprint density at radius 3 is 2.84 bits per heavy atom. The number of benzene rings is 1. The number of nitrogens with one attached hydrogen (secondary N) is 1. The molecule has 102 valence electrons. The van der Waals surface area contributed by atoms with Gasteiger partial charge in [0.1, 0.15) is 5.54 Å². The van der Waals surface area contributed by atoms with Crippen LogP contribution in [0.3, 0.4) is 0 Å². The Balaban J connectivity index is 2.03. The highest BCUT2D eigenvalue weighted by molar-refractivity contribution is 5.87. The maximum absolute atomic E-state index is 12.9. The lowest BCUT2D eigenvalue weighted by Crippen LogP contribution is -2.44. The Labute approximate surface area is 107 Å². The third kappa shape index (κ3) is 1.66. The van der Waals surface area contributed by atoms with Crippen LogP contribution < -0.4 is 5.32 Å². The fraction of sp³-hybridized carbons (Fsp3) is 0.462. The summed E-state index contributed by atoms with van der Waals surface area (Å²) in [6, 6.07) is 4.14. The van der Waals surface area contributed by atoms with Crippen molar-refractivity contribution in [3.63, 3.8) is 0 Å². The summed E-state index contributed by atoms with van der Waals surface area (Å²) in [6.45, 7) is 0.0383. The van der Waals surface area contributed by atoms with Crippen LogP contribution in [0.5, 0.6) is 0 Å². The van der Waals surface area contributed by atoms with Gasteiger partial charge >= 0.3 is 12.1 Å². The number of carbonyl (C=O) groups is 1. The van der Waals surface area contributed by atoms with Crippen molar-refractivity contribution in [1.82, 2.24) is 5.32 Å². The molecule has 3 nitrogen and oxygen atoms in total. The molecule has 0 aromatic heterocycles. The van der Waals surface area contributed by atoms with E-state index in [0.29, 0.717) is 12.0 Å². The minimum Gasteiger partial charge on any atom is -0.468 e. The number of hydrogen-bond acceptors (Lipinski definition) is 3. The molecule has 0 amide bonds. The average Bonchev–Trinajstić information content (AvgIpc) is 3.12. The number of esters is 1. The van der Waals surface area contributed by atoms with E-state index in [2.05, 4.69) is 5.32 Å². The molecule has 0 unspecified atom stereocenters. The molecule has 0 radical (unpaired) electrons. The number of rotatable bonds is 1. The molecule has 0 spiro atoms. The van der Waals surface area contributed by atoms with Crippen molar-refractivity contribution in [3.8, 4) is 0 Å². The summed E-state index contributed by atoms with van der Waals surface area (Å²) in [4.78, 5) is 11.7. The number of ether oxygens (including phenoxy) is 1. The van der Waals surface area contributed by atoms with Crippen molar-refractivity contribution in [2.24, 2.45) is 0 Å². The highest BCUT2D eigenvalue weighted by Crippen LogP contribution is 2.56. The summed E-state index contributed by atoms with van der Waals surface area (Å²) in [5.74, 6) is -0.619. The van der Waals surface area contributed by atoms with Gasteiger partial charge in [-0.05, 0) is 23.6 Å². The summed E-state index contributed by atoms with van der Waals surface area (Å²) in [6.07, 6.45) is -3.87. The Hall–Kier alpha value is -1.56. The van der Waals surface area contributed by atoms with Crippen LogP contribution in [0.25, 0.3) is 0 Å². The van der Waals surface area contributed by atoms with Gasteiger partial charge in [-0.25, -0.2) is 0 Å². The molecule has 0 saturated heterocycles. The predicted molar refractivity (Wildman–Crippen MR) is 60.4 cm³/mol. The fourth-order valence-corrected chi connectivity index (χ4v) is 2.95.